The van der Waals surface area contributed by atoms with Crippen LogP contribution in [0.25, 0.3) is 0 Å². The lowest BCUT2D eigenvalue weighted by molar-refractivity contribution is -0.141. The van der Waals surface area contributed by atoms with E-state index in [1.807, 2.05) is 19.2 Å². The number of hydrogen-bond acceptors (Lipinski definition) is 5. The van der Waals surface area contributed by atoms with Crippen molar-refractivity contribution in [2.75, 3.05) is 6.61 Å². The minimum absolute atomic E-state index is 0.00110. The maximum atomic E-state index is 13.4. The molecule has 0 saturated heterocycles. The molecule has 0 radical (unpaired) electrons. The molecule has 9 heteroatoms. The van der Waals surface area contributed by atoms with Crippen molar-refractivity contribution in [3.63, 3.8) is 0 Å². The first kappa shape index (κ1) is 20.1. The van der Waals surface area contributed by atoms with Gasteiger partial charge in [0.1, 0.15) is 11.6 Å². The molecule has 3 fully saturated rings. The predicted octanol–water partition coefficient (Wildman–Crippen LogP) is 3.66. The number of aromatic nitrogens is 1. The molecule has 3 aliphatic carbocycles. The minimum Gasteiger partial charge on any atom is -0.484 e. The van der Waals surface area contributed by atoms with Gasteiger partial charge in [-0.2, -0.15) is 0 Å². The van der Waals surface area contributed by atoms with Crippen LogP contribution in [0.4, 0.5) is 4.39 Å². The Morgan fingerprint density at radius 2 is 1.97 bits per heavy atom. The average Bonchev–Trinajstić information content (AvgIpc) is 3.10. The molecule has 29 heavy (non-hydrogen) atoms. The number of nitrogens with one attached hydrogen (secondary N) is 2. The maximum absolute atomic E-state index is 13.4. The Hall–Kier alpha value is -2.19. The van der Waals surface area contributed by atoms with Crippen molar-refractivity contribution in [3.05, 3.63) is 45.1 Å². The summed E-state index contributed by atoms with van der Waals surface area (Å²) in [6, 6.07) is 4.03. The van der Waals surface area contributed by atoms with Gasteiger partial charge in [-0.05, 0) is 37.3 Å². The van der Waals surface area contributed by atoms with Crippen LogP contribution in [0.2, 0.25) is 5.02 Å². The maximum Gasteiger partial charge on any atom is 0.280 e. The lowest BCUT2D eigenvalue weighted by Crippen LogP contribution is -2.84. The number of ether oxygens (including phenoxy) is 1. The van der Waals surface area contributed by atoms with Crippen molar-refractivity contribution in [1.82, 2.24) is 15.6 Å². The van der Waals surface area contributed by atoms with Gasteiger partial charge in [0, 0.05) is 22.5 Å². The van der Waals surface area contributed by atoms with Crippen molar-refractivity contribution in [2.45, 2.75) is 50.1 Å². The number of carbonyl (C=O) groups is 2. The number of amides is 2. The summed E-state index contributed by atoms with van der Waals surface area (Å²) < 4.78 is 18.7. The summed E-state index contributed by atoms with van der Waals surface area (Å²) in [5.74, 6) is -0.501. The summed E-state index contributed by atoms with van der Waals surface area (Å²) in [6.45, 7) is 3.87. The molecular weight excluding hydrogens is 417 g/mol. The molecule has 2 aromatic rings. The molecule has 2 amide bonds. The Labute approximate surface area is 176 Å². The van der Waals surface area contributed by atoms with E-state index in [4.69, 9.17) is 16.3 Å². The molecule has 1 aromatic heterocycles. The summed E-state index contributed by atoms with van der Waals surface area (Å²) >= 11 is 6.97. The quantitative estimate of drug-likeness (QED) is 0.692. The topological polar surface area (TPSA) is 80.3 Å². The fourth-order valence-electron chi connectivity index (χ4n) is 4.05. The van der Waals surface area contributed by atoms with Crippen LogP contribution in [0.15, 0.2) is 23.6 Å². The van der Waals surface area contributed by atoms with E-state index in [1.54, 1.807) is 0 Å². The zero-order valence-corrected chi connectivity index (χ0v) is 17.6. The number of benzene rings is 1. The molecular formula is C20H21ClFN3O3S. The third-order valence-corrected chi connectivity index (χ3v) is 6.55. The highest BCUT2D eigenvalue weighted by molar-refractivity contribution is 7.11. The molecule has 0 unspecified atom stereocenters. The fourth-order valence-corrected chi connectivity index (χ4v) is 5.04. The molecule has 0 atom stereocenters. The van der Waals surface area contributed by atoms with Gasteiger partial charge in [0.15, 0.2) is 11.6 Å². The van der Waals surface area contributed by atoms with Gasteiger partial charge in [-0.25, -0.2) is 9.37 Å². The summed E-state index contributed by atoms with van der Waals surface area (Å²) in [4.78, 5) is 29.0. The summed E-state index contributed by atoms with van der Waals surface area (Å²) in [6.07, 6.45) is 2.07. The molecule has 0 spiro atoms. The molecule has 3 saturated carbocycles. The standard InChI is InChI=1S/C20H21ClFN3O3S/c1-11(2)15-7-29-18(23-15)17(27)25-20-8-19(9-20,10-20)24-16(26)6-28-12-3-4-13(21)14(22)5-12/h3-5,7,11H,6,8-10H2,1-2H3,(H,24,26)(H,25,27). The first-order valence-electron chi connectivity index (χ1n) is 9.36. The Morgan fingerprint density at radius 1 is 1.28 bits per heavy atom. The van der Waals surface area contributed by atoms with Gasteiger partial charge in [0.2, 0.25) is 0 Å². The largest absolute Gasteiger partial charge is 0.484 e. The third kappa shape index (κ3) is 3.96. The normalized spacial score (nSPS) is 24.4. The smallest absolute Gasteiger partial charge is 0.280 e. The Kier molecular flexibility index (Phi) is 5.02. The van der Waals surface area contributed by atoms with Gasteiger partial charge in [-0.1, -0.05) is 25.4 Å². The summed E-state index contributed by atoms with van der Waals surface area (Å²) in [5.41, 5.74) is 0.376. The molecule has 1 heterocycles. The number of rotatable bonds is 7. The van der Waals surface area contributed by atoms with E-state index in [2.05, 4.69) is 15.6 Å². The van der Waals surface area contributed by atoms with Gasteiger partial charge in [0.25, 0.3) is 11.8 Å². The molecule has 154 valence electrons. The van der Waals surface area contributed by atoms with E-state index in [1.165, 1.54) is 23.5 Å². The number of halogens is 2. The van der Waals surface area contributed by atoms with Crippen LogP contribution in [-0.2, 0) is 4.79 Å². The number of carbonyl (C=O) groups excluding carboxylic acids is 2. The van der Waals surface area contributed by atoms with Crippen LogP contribution in [0.1, 0.15) is 54.5 Å². The zero-order chi connectivity index (χ0) is 20.8. The minimum atomic E-state index is -0.595. The van der Waals surface area contributed by atoms with Gasteiger partial charge < -0.3 is 15.4 Å². The van der Waals surface area contributed by atoms with E-state index in [-0.39, 0.29) is 46.2 Å². The highest BCUT2D eigenvalue weighted by atomic mass is 35.5. The van der Waals surface area contributed by atoms with Gasteiger partial charge in [-0.15, -0.1) is 11.3 Å². The number of hydrogen-bond donors (Lipinski definition) is 2. The first-order chi connectivity index (χ1) is 13.7. The van der Waals surface area contributed by atoms with E-state index in [9.17, 15) is 14.0 Å². The van der Waals surface area contributed by atoms with Crippen LogP contribution in [-0.4, -0.2) is 34.5 Å². The SMILES string of the molecule is CC(C)c1csc(C(=O)NC23CC(NC(=O)COc4ccc(Cl)c(F)c4)(C2)C3)n1. The number of nitrogens with zero attached hydrogens (tertiary/aromatic N) is 1. The predicted molar refractivity (Wildman–Crippen MR) is 108 cm³/mol. The fraction of sp³-hybridized carbons (Fsp3) is 0.450. The second-order valence-electron chi connectivity index (χ2n) is 8.19. The van der Waals surface area contributed by atoms with Crippen molar-refractivity contribution in [1.29, 1.82) is 0 Å². The second kappa shape index (κ2) is 7.25. The van der Waals surface area contributed by atoms with Crippen LogP contribution >= 0.6 is 22.9 Å². The Bertz CT molecular complexity index is 958. The first-order valence-corrected chi connectivity index (χ1v) is 10.6. The Balaban J connectivity index is 1.23. The summed E-state index contributed by atoms with van der Waals surface area (Å²) in [7, 11) is 0. The molecule has 2 N–H and O–H groups in total. The lowest BCUT2D eigenvalue weighted by atomic mass is 9.44. The van der Waals surface area contributed by atoms with Crippen molar-refractivity contribution < 1.29 is 18.7 Å². The van der Waals surface area contributed by atoms with Gasteiger partial charge in [0.05, 0.1) is 10.7 Å². The van der Waals surface area contributed by atoms with Crippen molar-refractivity contribution in [2.24, 2.45) is 0 Å². The van der Waals surface area contributed by atoms with Crippen LogP contribution in [0, 0.1) is 5.82 Å². The summed E-state index contributed by atoms with van der Waals surface area (Å²) in [5, 5.41) is 8.42. The lowest BCUT2D eigenvalue weighted by Gasteiger charge is -2.70. The zero-order valence-electron chi connectivity index (χ0n) is 16.1. The van der Waals surface area contributed by atoms with Crippen molar-refractivity contribution >= 4 is 34.8 Å². The third-order valence-electron chi connectivity index (χ3n) is 5.38. The highest BCUT2D eigenvalue weighted by Gasteiger charge is 2.69. The van der Waals surface area contributed by atoms with Crippen LogP contribution in [0.5, 0.6) is 5.75 Å². The number of thiazole rings is 1. The molecule has 5 rings (SSSR count). The average molecular weight is 438 g/mol. The van der Waals surface area contributed by atoms with E-state index in [0.717, 1.165) is 11.8 Å². The Morgan fingerprint density at radius 3 is 2.59 bits per heavy atom. The van der Waals surface area contributed by atoms with E-state index in [0.29, 0.717) is 24.3 Å². The van der Waals surface area contributed by atoms with Crippen molar-refractivity contribution in [3.8, 4) is 5.75 Å². The highest BCUT2D eigenvalue weighted by Crippen LogP contribution is 2.60. The molecule has 2 bridgehead atoms. The molecule has 1 aromatic carbocycles. The van der Waals surface area contributed by atoms with Gasteiger partial charge >= 0.3 is 0 Å². The van der Waals surface area contributed by atoms with Crippen LogP contribution < -0.4 is 15.4 Å². The van der Waals surface area contributed by atoms with E-state index >= 15 is 0 Å². The van der Waals surface area contributed by atoms with Crippen LogP contribution in [0.3, 0.4) is 0 Å². The molecule has 6 nitrogen and oxygen atoms in total. The molecule has 0 aliphatic heterocycles. The molecule has 3 aliphatic rings. The van der Waals surface area contributed by atoms with E-state index < -0.39 is 5.82 Å². The monoisotopic (exact) mass is 437 g/mol. The second-order valence-corrected chi connectivity index (χ2v) is 9.46. The van der Waals surface area contributed by atoms with Gasteiger partial charge in [-0.3, -0.25) is 9.59 Å².